The summed E-state index contributed by atoms with van der Waals surface area (Å²) in [5, 5.41) is 22.2. The molecule has 14 heavy (non-hydrogen) atoms. The first kappa shape index (κ1) is 9.90. The molecule has 0 aliphatic heterocycles. The van der Waals surface area contributed by atoms with E-state index in [1.54, 1.807) is 0 Å². The predicted octanol–water partition coefficient (Wildman–Crippen LogP) is 0.426. The van der Waals surface area contributed by atoms with E-state index in [9.17, 15) is 14.9 Å². The zero-order valence-electron chi connectivity index (χ0n) is 7.25. The third-order valence-electron chi connectivity index (χ3n) is 1.49. The van der Waals surface area contributed by atoms with Gasteiger partial charge in [0.2, 0.25) is 0 Å². The van der Waals surface area contributed by atoms with Crippen molar-refractivity contribution in [3.63, 3.8) is 0 Å². The average Bonchev–Trinajstić information content (AvgIpc) is 2.43. The van der Waals surface area contributed by atoms with Crippen molar-refractivity contribution in [1.29, 1.82) is 0 Å². The van der Waals surface area contributed by atoms with E-state index < -0.39 is 10.9 Å². The fourth-order valence-electron chi connectivity index (χ4n) is 0.868. The van der Waals surface area contributed by atoms with Gasteiger partial charge in [0.05, 0.1) is 23.9 Å². The highest BCUT2D eigenvalue weighted by Crippen LogP contribution is 2.11. The van der Waals surface area contributed by atoms with Gasteiger partial charge in [0.15, 0.2) is 0 Å². The van der Waals surface area contributed by atoms with Gasteiger partial charge in [-0.05, 0) is 11.0 Å². The first-order valence-electron chi connectivity index (χ1n) is 3.60. The topological polar surface area (TPSA) is 98.3 Å². The molecule has 0 bridgehead atoms. The van der Waals surface area contributed by atoms with Crippen molar-refractivity contribution in [2.75, 3.05) is 0 Å². The Balaban J connectivity index is 2.99. The quantitative estimate of drug-likeness (QED) is 0.430. The van der Waals surface area contributed by atoms with Crippen molar-refractivity contribution < 1.29 is 14.8 Å². The van der Waals surface area contributed by atoms with Crippen LogP contribution in [0.1, 0.15) is 5.69 Å². The predicted molar refractivity (Wildman–Crippen MR) is 46.5 cm³/mol. The van der Waals surface area contributed by atoms with Crippen LogP contribution in [0.2, 0.25) is 0 Å². The number of carboxylic acids is 1. The van der Waals surface area contributed by atoms with Crippen molar-refractivity contribution in [2.45, 2.75) is 0 Å². The molecule has 74 valence electrons. The molecule has 0 amide bonds. The van der Waals surface area contributed by atoms with Gasteiger partial charge < -0.3 is 15.2 Å². The first-order valence-corrected chi connectivity index (χ1v) is 3.60. The normalized spacial score (nSPS) is 10.6. The van der Waals surface area contributed by atoms with Crippen molar-refractivity contribution in [2.24, 2.45) is 7.05 Å². The average molecular weight is 197 g/mol. The Hall–Kier alpha value is -2.18. The molecule has 0 aliphatic rings. The van der Waals surface area contributed by atoms with Gasteiger partial charge in [-0.2, -0.15) is 4.68 Å². The van der Waals surface area contributed by atoms with Crippen LogP contribution in [0.4, 0.5) is 5.82 Å². The van der Waals surface area contributed by atoms with Gasteiger partial charge in [-0.25, -0.2) is 4.79 Å². The number of aromatic nitrogens is 2. The molecule has 1 rings (SSSR count). The van der Waals surface area contributed by atoms with Gasteiger partial charge in [-0.15, -0.1) is 0 Å². The van der Waals surface area contributed by atoms with Crippen LogP contribution in [-0.4, -0.2) is 25.8 Å². The maximum Gasteiger partial charge on any atom is 0.390 e. The Bertz CT molecular complexity index is 407. The second kappa shape index (κ2) is 3.69. The lowest BCUT2D eigenvalue weighted by Gasteiger charge is -1.85. The summed E-state index contributed by atoms with van der Waals surface area (Å²) in [7, 11) is 1.49. The van der Waals surface area contributed by atoms with E-state index in [4.69, 9.17) is 5.11 Å². The molecule has 7 heteroatoms. The lowest BCUT2D eigenvalue weighted by molar-refractivity contribution is -0.389. The van der Waals surface area contributed by atoms with Gasteiger partial charge in [0.25, 0.3) is 0 Å². The Morgan fingerprint density at radius 3 is 2.86 bits per heavy atom. The Morgan fingerprint density at radius 1 is 1.79 bits per heavy atom. The largest absolute Gasteiger partial charge is 0.478 e. The summed E-state index contributed by atoms with van der Waals surface area (Å²) in [4.78, 5) is 19.8. The molecule has 7 nitrogen and oxygen atoms in total. The summed E-state index contributed by atoms with van der Waals surface area (Å²) in [6.07, 6.45) is 2.13. The maximum atomic E-state index is 10.3. The number of nitro groups is 1. The molecule has 0 spiro atoms. The van der Waals surface area contributed by atoms with Gasteiger partial charge in [-0.1, -0.05) is 0 Å². The molecular formula is C7H7N3O4. The van der Waals surface area contributed by atoms with E-state index in [0.717, 1.165) is 6.08 Å². The molecule has 1 heterocycles. The van der Waals surface area contributed by atoms with Gasteiger partial charge in [0.1, 0.15) is 0 Å². The molecule has 0 atom stereocenters. The minimum Gasteiger partial charge on any atom is -0.478 e. The maximum absolute atomic E-state index is 10.3. The van der Waals surface area contributed by atoms with E-state index in [1.807, 2.05) is 0 Å². The smallest absolute Gasteiger partial charge is 0.390 e. The van der Waals surface area contributed by atoms with Crippen LogP contribution in [0.3, 0.4) is 0 Å². The summed E-state index contributed by atoms with van der Waals surface area (Å²) in [6.45, 7) is 0. The fourth-order valence-corrected chi connectivity index (χ4v) is 0.868. The fraction of sp³-hybridized carbons (Fsp3) is 0.143. The van der Waals surface area contributed by atoms with Crippen LogP contribution >= 0.6 is 0 Å². The minimum atomic E-state index is -1.12. The van der Waals surface area contributed by atoms with Crippen molar-refractivity contribution in [3.8, 4) is 0 Å². The van der Waals surface area contributed by atoms with Gasteiger partial charge in [-0.3, -0.25) is 0 Å². The molecule has 1 N–H and O–H groups in total. The summed E-state index contributed by atoms with van der Waals surface area (Å²) in [6, 6.07) is 1.19. The van der Waals surface area contributed by atoms with Gasteiger partial charge >= 0.3 is 11.8 Å². The molecule has 0 aromatic carbocycles. The first-order chi connectivity index (χ1) is 6.50. The molecule has 0 radical (unpaired) electrons. The third kappa shape index (κ3) is 2.16. The second-order valence-electron chi connectivity index (χ2n) is 2.48. The van der Waals surface area contributed by atoms with E-state index in [1.165, 1.54) is 23.9 Å². The summed E-state index contributed by atoms with van der Waals surface area (Å²) in [5.41, 5.74) is 0.360. The van der Waals surface area contributed by atoms with Crippen molar-refractivity contribution >= 4 is 17.9 Å². The molecule has 0 fully saturated rings. The molecule has 0 aliphatic carbocycles. The third-order valence-corrected chi connectivity index (χ3v) is 1.49. The minimum absolute atomic E-state index is 0.308. The van der Waals surface area contributed by atoms with E-state index in [0.29, 0.717) is 5.69 Å². The van der Waals surface area contributed by atoms with Crippen LogP contribution in [0.5, 0.6) is 0 Å². The van der Waals surface area contributed by atoms with Crippen LogP contribution in [-0.2, 0) is 11.8 Å². The zero-order chi connectivity index (χ0) is 10.7. The molecular weight excluding hydrogens is 190 g/mol. The number of hydrogen-bond acceptors (Lipinski definition) is 4. The number of carbonyl (C=O) groups is 1. The second-order valence-corrected chi connectivity index (χ2v) is 2.48. The summed E-state index contributed by atoms with van der Waals surface area (Å²) >= 11 is 0. The lowest BCUT2D eigenvalue weighted by atomic mass is 10.3. The Kier molecular flexibility index (Phi) is 2.61. The van der Waals surface area contributed by atoms with Crippen LogP contribution in [0.15, 0.2) is 12.1 Å². The molecule has 0 unspecified atom stereocenters. The Morgan fingerprint density at radius 2 is 2.43 bits per heavy atom. The standard InChI is InChI=1S/C7H7N3O4/c1-9-5(2-3-7(11)12)4-6(8-9)10(13)14/h2-4H,1H3,(H,11,12)/b3-2+. The van der Waals surface area contributed by atoms with E-state index in [2.05, 4.69) is 5.10 Å². The van der Waals surface area contributed by atoms with Crippen LogP contribution < -0.4 is 0 Å². The van der Waals surface area contributed by atoms with Crippen molar-refractivity contribution in [3.05, 3.63) is 28.0 Å². The Labute approximate surface area is 78.4 Å². The van der Waals surface area contributed by atoms with Crippen LogP contribution in [0, 0.1) is 10.1 Å². The monoisotopic (exact) mass is 197 g/mol. The molecule has 0 saturated heterocycles. The number of aliphatic carboxylic acids is 1. The van der Waals surface area contributed by atoms with Crippen molar-refractivity contribution in [1.82, 2.24) is 9.78 Å². The summed E-state index contributed by atoms with van der Waals surface area (Å²) in [5.74, 6) is -1.42. The highest BCUT2D eigenvalue weighted by Gasteiger charge is 2.13. The molecule has 1 aromatic heterocycles. The highest BCUT2D eigenvalue weighted by molar-refractivity contribution is 5.85. The highest BCUT2D eigenvalue weighted by atomic mass is 16.6. The van der Waals surface area contributed by atoms with E-state index in [-0.39, 0.29) is 5.82 Å². The number of carboxylic acid groups (broad SMARTS) is 1. The molecule has 1 aromatic rings. The summed E-state index contributed by atoms with van der Waals surface area (Å²) < 4.78 is 1.23. The SMILES string of the molecule is Cn1nc([N+](=O)[O-])cc1/C=C/C(=O)O. The lowest BCUT2D eigenvalue weighted by Crippen LogP contribution is -1.95. The number of hydrogen-bond donors (Lipinski definition) is 1. The number of rotatable bonds is 3. The zero-order valence-corrected chi connectivity index (χ0v) is 7.25. The van der Waals surface area contributed by atoms with E-state index >= 15 is 0 Å². The molecule has 0 saturated carbocycles. The van der Waals surface area contributed by atoms with Gasteiger partial charge in [0, 0.05) is 6.08 Å². The number of nitrogens with zero attached hydrogens (tertiary/aromatic N) is 3. The van der Waals surface area contributed by atoms with Crippen LogP contribution in [0.25, 0.3) is 6.08 Å². The number of aryl methyl sites for hydroxylation is 1.